The molecule has 0 fully saturated rings. The molecule has 2 heterocycles. The van der Waals surface area contributed by atoms with Crippen molar-refractivity contribution < 1.29 is 5.11 Å². The molecule has 2 aromatic heterocycles. The number of hydrogen-bond donors (Lipinski definition) is 1. The zero-order valence-corrected chi connectivity index (χ0v) is 11.6. The third-order valence-corrected chi connectivity index (χ3v) is 3.25. The molecular formula is C14H20N4O. The molecule has 102 valence electrons. The Bertz CT molecular complexity index is 520. The Balaban J connectivity index is 2.04. The molecule has 5 nitrogen and oxygen atoms in total. The molecule has 0 bridgehead atoms. The zero-order chi connectivity index (χ0) is 13.8. The van der Waals surface area contributed by atoms with E-state index in [0.29, 0.717) is 18.2 Å². The summed E-state index contributed by atoms with van der Waals surface area (Å²) in [7, 11) is 0. The van der Waals surface area contributed by atoms with Gasteiger partial charge in [-0.3, -0.25) is 14.6 Å². The maximum Gasteiger partial charge on any atom is 0.103 e. The minimum Gasteiger partial charge on any atom is -0.386 e. The summed E-state index contributed by atoms with van der Waals surface area (Å²) in [5.74, 6) is 0. The van der Waals surface area contributed by atoms with Crippen LogP contribution in [0.3, 0.4) is 0 Å². The van der Waals surface area contributed by atoms with Crippen molar-refractivity contribution in [2.24, 2.45) is 0 Å². The number of nitrogens with zero attached hydrogens (tertiary/aromatic N) is 4. The van der Waals surface area contributed by atoms with Crippen LogP contribution in [-0.2, 0) is 6.42 Å². The molecule has 1 N–H and O–H groups in total. The van der Waals surface area contributed by atoms with Crippen LogP contribution in [-0.4, -0.2) is 24.9 Å². The predicted molar refractivity (Wildman–Crippen MR) is 72.7 cm³/mol. The van der Waals surface area contributed by atoms with Crippen LogP contribution in [0.2, 0.25) is 0 Å². The first-order valence-corrected chi connectivity index (χ1v) is 6.60. The van der Waals surface area contributed by atoms with Crippen molar-refractivity contribution >= 4 is 0 Å². The second-order valence-corrected chi connectivity index (χ2v) is 4.85. The van der Waals surface area contributed by atoms with E-state index in [9.17, 15) is 5.11 Å². The fourth-order valence-corrected chi connectivity index (χ4v) is 1.80. The summed E-state index contributed by atoms with van der Waals surface area (Å²) < 4.78 is 1.93. The second-order valence-electron chi connectivity index (χ2n) is 4.85. The fraction of sp³-hybridized carbons (Fsp3) is 0.500. The van der Waals surface area contributed by atoms with Gasteiger partial charge in [-0.25, -0.2) is 0 Å². The minimum atomic E-state index is -0.659. The molecule has 0 saturated heterocycles. The largest absolute Gasteiger partial charge is 0.386 e. The molecule has 0 saturated carbocycles. The van der Waals surface area contributed by atoms with Crippen molar-refractivity contribution in [2.45, 2.75) is 45.8 Å². The topological polar surface area (TPSA) is 63.8 Å². The number of aliphatic hydroxyl groups excluding tert-OH is 1. The average Bonchev–Trinajstić information content (AvgIpc) is 2.87. The van der Waals surface area contributed by atoms with Gasteiger partial charge in [0.25, 0.3) is 0 Å². The van der Waals surface area contributed by atoms with Crippen molar-refractivity contribution in [1.82, 2.24) is 19.7 Å². The normalized spacial score (nSPS) is 14.3. The molecule has 0 aromatic carbocycles. The standard InChI is InChI=1S/C14H20N4O/c1-4-11(3)18-6-5-12(17-18)7-14(19)13-9-15-10(2)8-16-13/h5-6,8-9,11,14,19H,4,7H2,1-3H3. The van der Waals surface area contributed by atoms with E-state index in [4.69, 9.17) is 0 Å². The molecule has 19 heavy (non-hydrogen) atoms. The highest BCUT2D eigenvalue weighted by Gasteiger charge is 2.13. The maximum absolute atomic E-state index is 10.1. The fourth-order valence-electron chi connectivity index (χ4n) is 1.80. The highest BCUT2D eigenvalue weighted by molar-refractivity contribution is 5.09. The Morgan fingerprint density at radius 1 is 1.32 bits per heavy atom. The Morgan fingerprint density at radius 2 is 2.11 bits per heavy atom. The highest BCUT2D eigenvalue weighted by Crippen LogP contribution is 2.16. The molecule has 2 rings (SSSR count). The summed E-state index contributed by atoms with van der Waals surface area (Å²) in [5.41, 5.74) is 2.30. The Hall–Kier alpha value is -1.75. The van der Waals surface area contributed by atoms with Crippen LogP contribution in [0.4, 0.5) is 0 Å². The van der Waals surface area contributed by atoms with Crippen LogP contribution >= 0.6 is 0 Å². The highest BCUT2D eigenvalue weighted by atomic mass is 16.3. The van der Waals surface area contributed by atoms with E-state index in [0.717, 1.165) is 17.8 Å². The molecule has 2 unspecified atom stereocenters. The van der Waals surface area contributed by atoms with Gasteiger partial charge in [0.05, 0.1) is 23.3 Å². The quantitative estimate of drug-likeness (QED) is 0.895. The Morgan fingerprint density at radius 3 is 2.74 bits per heavy atom. The predicted octanol–water partition coefficient (Wildman–Crippen LogP) is 2.23. The first-order chi connectivity index (χ1) is 9.10. The van der Waals surface area contributed by atoms with Gasteiger partial charge < -0.3 is 5.11 Å². The van der Waals surface area contributed by atoms with Gasteiger partial charge in [-0.05, 0) is 26.3 Å². The smallest absolute Gasteiger partial charge is 0.103 e. The monoisotopic (exact) mass is 260 g/mol. The van der Waals surface area contributed by atoms with Crippen molar-refractivity contribution in [3.05, 3.63) is 41.7 Å². The van der Waals surface area contributed by atoms with E-state index in [1.54, 1.807) is 12.4 Å². The third-order valence-electron chi connectivity index (χ3n) is 3.25. The van der Waals surface area contributed by atoms with Crippen LogP contribution in [0.1, 0.15) is 49.5 Å². The lowest BCUT2D eigenvalue weighted by Crippen LogP contribution is -2.08. The molecule has 0 aliphatic heterocycles. The summed E-state index contributed by atoms with van der Waals surface area (Å²) >= 11 is 0. The third kappa shape index (κ3) is 3.38. The van der Waals surface area contributed by atoms with E-state index >= 15 is 0 Å². The van der Waals surface area contributed by atoms with Crippen LogP contribution in [0.5, 0.6) is 0 Å². The molecule has 5 heteroatoms. The molecule has 2 atom stereocenters. The molecule has 2 aromatic rings. The van der Waals surface area contributed by atoms with Crippen molar-refractivity contribution in [3.8, 4) is 0 Å². The van der Waals surface area contributed by atoms with Crippen molar-refractivity contribution in [3.63, 3.8) is 0 Å². The SMILES string of the molecule is CCC(C)n1ccc(CC(O)c2cnc(C)cn2)n1. The van der Waals surface area contributed by atoms with E-state index in [-0.39, 0.29) is 0 Å². The van der Waals surface area contributed by atoms with Gasteiger partial charge in [0.15, 0.2) is 0 Å². The van der Waals surface area contributed by atoms with Gasteiger partial charge in [0.1, 0.15) is 6.10 Å². The van der Waals surface area contributed by atoms with Gasteiger partial charge in [-0.1, -0.05) is 6.92 Å². The van der Waals surface area contributed by atoms with Crippen LogP contribution in [0, 0.1) is 6.92 Å². The Kier molecular flexibility index (Phi) is 4.27. The van der Waals surface area contributed by atoms with Crippen molar-refractivity contribution in [1.29, 1.82) is 0 Å². The van der Waals surface area contributed by atoms with Crippen LogP contribution in [0.25, 0.3) is 0 Å². The molecule has 0 spiro atoms. The summed E-state index contributed by atoms with van der Waals surface area (Å²) in [6.45, 7) is 6.12. The van der Waals surface area contributed by atoms with Gasteiger partial charge in [0.2, 0.25) is 0 Å². The number of hydrogen-bond acceptors (Lipinski definition) is 4. The number of aliphatic hydroxyl groups is 1. The zero-order valence-electron chi connectivity index (χ0n) is 11.6. The molecule has 0 amide bonds. The molecule has 0 radical (unpaired) electrons. The van der Waals surface area contributed by atoms with Crippen LogP contribution < -0.4 is 0 Å². The summed E-state index contributed by atoms with van der Waals surface area (Å²) in [5, 5.41) is 14.6. The average molecular weight is 260 g/mol. The lowest BCUT2D eigenvalue weighted by molar-refractivity contribution is 0.171. The summed E-state index contributed by atoms with van der Waals surface area (Å²) in [6.07, 6.45) is 6.07. The molecular weight excluding hydrogens is 240 g/mol. The van der Waals surface area contributed by atoms with Gasteiger partial charge in [-0.2, -0.15) is 5.10 Å². The van der Waals surface area contributed by atoms with Gasteiger partial charge >= 0.3 is 0 Å². The lowest BCUT2D eigenvalue weighted by Gasteiger charge is -2.10. The lowest BCUT2D eigenvalue weighted by atomic mass is 10.1. The minimum absolute atomic E-state index is 0.380. The number of aromatic nitrogens is 4. The molecule has 0 aliphatic carbocycles. The second kappa shape index (κ2) is 5.93. The summed E-state index contributed by atoms with van der Waals surface area (Å²) in [4.78, 5) is 8.33. The maximum atomic E-state index is 10.1. The number of rotatable bonds is 5. The van der Waals surface area contributed by atoms with E-state index in [1.165, 1.54) is 0 Å². The molecule has 0 aliphatic rings. The van der Waals surface area contributed by atoms with Crippen molar-refractivity contribution in [2.75, 3.05) is 0 Å². The van der Waals surface area contributed by atoms with Gasteiger partial charge in [0, 0.05) is 24.9 Å². The van der Waals surface area contributed by atoms with E-state index < -0.39 is 6.10 Å². The van der Waals surface area contributed by atoms with Crippen LogP contribution in [0.15, 0.2) is 24.7 Å². The number of aryl methyl sites for hydroxylation is 1. The first kappa shape index (κ1) is 13.7. The van der Waals surface area contributed by atoms with E-state index in [2.05, 4.69) is 28.9 Å². The first-order valence-electron chi connectivity index (χ1n) is 6.60. The Labute approximate surface area is 113 Å². The van der Waals surface area contributed by atoms with Gasteiger partial charge in [-0.15, -0.1) is 0 Å². The summed E-state index contributed by atoms with van der Waals surface area (Å²) in [6, 6.07) is 2.32. The van der Waals surface area contributed by atoms with E-state index in [1.807, 2.05) is 23.9 Å².